The predicted octanol–water partition coefficient (Wildman–Crippen LogP) is 6.86. The Kier molecular flexibility index (Phi) is 5.95. The van der Waals surface area contributed by atoms with E-state index in [9.17, 15) is 4.79 Å². The van der Waals surface area contributed by atoms with Crippen LogP contribution in [0.2, 0.25) is 0 Å². The Morgan fingerprint density at radius 3 is 2.09 bits per heavy atom. The Labute approximate surface area is 205 Å². The van der Waals surface area contributed by atoms with Crippen molar-refractivity contribution in [3.05, 3.63) is 131 Å². The largest absolute Gasteiger partial charge is 0.497 e. The lowest BCUT2D eigenvalue weighted by Gasteiger charge is -2.08. The van der Waals surface area contributed by atoms with Gasteiger partial charge in [0.25, 0.3) is 0 Å². The first-order valence-electron chi connectivity index (χ1n) is 11.5. The number of benzene rings is 3. The zero-order valence-electron chi connectivity index (χ0n) is 20.0. The molecule has 0 saturated carbocycles. The second kappa shape index (κ2) is 9.37. The second-order valence-corrected chi connectivity index (χ2v) is 8.59. The lowest BCUT2D eigenvalue weighted by molar-refractivity contribution is 0.103. The zero-order valence-corrected chi connectivity index (χ0v) is 20.0. The van der Waals surface area contributed by atoms with Gasteiger partial charge in [-0.1, -0.05) is 77.6 Å². The van der Waals surface area contributed by atoms with Crippen LogP contribution in [-0.4, -0.2) is 17.3 Å². The Morgan fingerprint density at radius 1 is 0.771 bits per heavy atom. The SMILES string of the molecule is COc1ccc(C#Cc2c(-c3ccc(C)cc3)c(C(=O)c3ccc(C)cc3)n3ccccc23)cc1. The van der Waals surface area contributed by atoms with Gasteiger partial charge < -0.3 is 9.14 Å². The minimum Gasteiger partial charge on any atom is -0.497 e. The summed E-state index contributed by atoms with van der Waals surface area (Å²) in [6.07, 6.45) is 1.94. The maximum Gasteiger partial charge on any atom is 0.210 e. The van der Waals surface area contributed by atoms with Crippen molar-refractivity contribution < 1.29 is 9.53 Å². The number of hydrogen-bond donors (Lipinski definition) is 0. The zero-order chi connectivity index (χ0) is 24.4. The van der Waals surface area contributed by atoms with Crippen LogP contribution in [0.4, 0.5) is 0 Å². The van der Waals surface area contributed by atoms with E-state index < -0.39 is 0 Å². The van der Waals surface area contributed by atoms with Gasteiger partial charge >= 0.3 is 0 Å². The molecular weight excluding hydrogens is 430 g/mol. The number of aromatic nitrogens is 1. The van der Waals surface area contributed by atoms with E-state index in [1.165, 1.54) is 0 Å². The van der Waals surface area contributed by atoms with Crippen molar-refractivity contribution in [2.45, 2.75) is 13.8 Å². The van der Waals surface area contributed by atoms with E-state index >= 15 is 0 Å². The van der Waals surface area contributed by atoms with Crippen molar-refractivity contribution in [1.29, 1.82) is 0 Å². The van der Waals surface area contributed by atoms with Gasteiger partial charge in [0.2, 0.25) is 5.78 Å². The lowest BCUT2D eigenvalue weighted by Crippen LogP contribution is -2.07. The Hall–Kier alpha value is -4.55. The minimum absolute atomic E-state index is 0.0285. The van der Waals surface area contributed by atoms with Gasteiger partial charge in [0.1, 0.15) is 11.4 Å². The van der Waals surface area contributed by atoms with Crippen LogP contribution >= 0.6 is 0 Å². The summed E-state index contributed by atoms with van der Waals surface area (Å²) in [4.78, 5) is 13.9. The van der Waals surface area contributed by atoms with Crippen LogP contribution in [0.5, 0.6) is 5.75 Å². The molecule has 0 aliphatic carbocycles. The molecule has 2 heterocycles. The third kappa shape index (κ3) is 4.35. The topological polar surface area (TPSA) is 30.7 Å². The van der Waals surface area contributed by atoms with Gasteiger partial charge in [-0.2, -0.15) is 0 Å². The summed E-state index contributed by atoms with van der Waals surface area (Å²) in [5, 5.41) is 0. The summed E-state index contributed by atoms with van der Waals surface area (Å²) in [6, 6.07) is 29.6. The van der Waals surface area contributed by atoms with E-state index in [2.05, 4.69) is 43.0 Å². The van der Waals surface area contributed by atoms with E-state index in [1.807, 2.05) is 84.3 Å². The molecule has 0 bridgehead atoms. The Bertz CT molecular complexity index is 1580. The van der Waals surface area contributed by atoms with Gasteiger partial charge in [0.05, 0.1) is 18.2 Å². The molecule has 3 heteroatoms. The summed E-state index contributed by atoms with van der Waals surface area (Å²) >= 11 is 0. The van der Waals surface area contributed by atoms with Crippen molar-refractivity contribution in [1.82, 2.24) is 4.40 Å². The average molecular weight is 456 g/mol. The molecular formula is C32H25NO2. The molecule has 5 rings (SSSR count). The summed E-state index contributed by atoms with van der Waals surface area (Å²) in [5.41, 5.74) is 7.98. The second-order valence-electron chi connectivity index (χ2n) is 8.59. The van der Waals surface area contributed by atoms with E-state index in [1.54, 1.807) is 7.11 Å². The fourth-order valence-electron chi connectivity index (χ4n) is 4.21. The maximum absolute atomic E-state index is 13.9. The molecule has 0 amide bonds. The highest BCUT2D eigenvalue weighted by Crippen LogP contribution is 2.34. The van der Waals surface area contributed by atoms with Crippen LogP contribution in [0, 0.1) is 25.7 Å². The third-order valence-corrected chi connectivity index (χ3v) is 6.13. The lowest BCUT2D eigenvalue weighted by atomic mass is 9.95. The molecule has 0 aliphatic rings. The first-order chi connectivity index (χ1) is 17.0. The third-order valence-electron chi connectivity index (χ3n) is 6.13. The fourth-order valence-corrected chi connectivity index (χ4v) is 4.21. The molecule has 0 spiro atoms. The smallest absolute Gasteiger partial charge is 0.210 e. The molecule has 0 unspecified atom stereocenters. The summed E-state index contributed by atoms with van der Waals surface area (Å²) < 4.78 is 7.23. The number of pyridine rings is 1. The number of rotatable bonds is 4. The number of hydrogen-bond acceptors (Lipinski definition) is 2. The highest BCUT2D eigenvalue weighted by atomic mass is 16.5. The molecule has 0 aliphatic heterocycles. The first-order valence-corrected chi connectivity index (χ1v) is 11.5. The highest BCUT2D eigenvalue weighted by molar-refractivity contribution is 6.14. The van der Waals surface area contributed by atoms with Gasteiger partial charge in [-0.05, 0) is 55.8 Å². The van der Waals surface area contributed by atoms with Crippen LogP contribution in [0.15, 0.2) is 97.2 Å². The van der Waals surface area contributed by atoms with Gasteiger partial charge in [-0.15, -0.1) is 0 Å². The summed E-state index contributed by atoms with van der Waals surface area (Å²) in [5.74, 6) is 7.45. The van der Waals surface area contributed by atoms with Gasteiger partial charge in [0, 0.05) is 22.9 Å². The van der Waals surface area contributed by atoms with Crippen LogP contribution in [-0.2, 0) is 0 Å². The quantitative estimate of drug-likeness (QED) is 0.219. The number of carbonyl (C=O) groups excluding carboxylic acids is 1. The molecule has 0 saturated heterocycles. The molecule has 5 aromatic rings. The normalized spacial score (nSPS) is 10.6. The van der Waals surface area contributed by atoms with Crippen LogP contribution in [0.1, 0.15) is 38.3 Å². The van der Waals surface area contributed by atoms with E-state index in [0.717, 1.165) is 44.6 Å². The van der Waals surface area contributed by atoms with Crippen molar-refractivity contribution >= 4 is 11.3 Å². The van der Waals surface area contributed by atoms with E-state index in [4.69, 9.17) is 4.74 Å². The monoisotopic (exact) mass is 455 g/mol. The number of methoxy groups -OCH3 is 1. The number of nitrogens with zero attached hydrogens (tertiary/aromatic N) is 1. The minimum atomic E-state index is -0.0285. The number of fused-ring (bicyclic) bond motifs is 1. The molecule has 3 aromatic carbocycles. The van der Waals surface area contributed by atoms with Crippen LogP contribution in [0.25, 0.3) is 16.6 Å². The molecule has 0 atom stereocenters. The fraction of sp³-hybridized carbons (Fsp3) is 0.0938. The van der Waals surface area contributed by atoms with Gasteiger partial charge in [-0.3, -0.25) is 4.79 Å². The van der Waals surface area contributed by atoms with Gasteiger partial charge in [0.15, 0.2) is 0 Å². The van der Waals surface area contributed by atoms with Crippen molar-refractivity contribution in [3.63, 3.8) is 0 Å². The van der Waals surface area contributed by atoms with Crippen molar-refractivity contribution in [2.24, 2.45) is 0 Å². The molecule has 0 radical (unpaired) electrons. The molecule has 2 aromatic heterocycles. The van der Waals surface area contributed by atoms with Crippen molar-refractivity contribution in [3.8, 4) is 28.7 Å². The number of ether oxygens (including phenoxy) is 1. The predicted molar refractivity (Wildman–Crippen MR) is 141 cm³/mol. The van der Waals surface area contributed by atoms with Gasteiger partial charge in [-0.25, -0.2) is 0 Å². The Balaban J connectivity index is 1.77. The first kappa shape index (κ1) is 22.3. The van der Waals surface area contributed by atoms with E-state index in [0.29, 0.717) is 11.3 Å². The summed E-state index contributed by atoms with van der Waals surface area (Å²) in [7, 11) is 1.65. The standard InChI is InChI=1S/C32H25NO2/c1-22-7-14-25(15-8-22)30-28(20-13-24-11-18-27(35-3)19-12-24)29-6-4-5-21-33(29)31(30)32(34)26-16-9-23(2)10-17-26/h4-12,14-19,21H,1-3H3. The molecule has 170 valence electrons. The molecule has 3 nitrogen and oxygen atoms in total. The molecule has 0 N–H and O–H groups in total. The Morgan fingerprint density at radius 2 is 1.43 bits per heavy atom. The number of ketones is 1. The molecule has 35 heavy (non-hydrogen) atoms. The van der Waals surface area contributed by atoms with Crippen LogP contribution < -0.4 is 4.74 Å². The van der Waals surface area contributed by atoms with Crippen LogP contribution in [0.3, 0.4) is 0 Å². The maximum atomic E-state index is 13.9. The molecule has 0 fully saturated rings. The van der Waals surface area contributed by atoms with E-state index in [-0.39, 0.29) is 5.78 Å². The number of aryl methyl sites for hydroxylation is 2. The summed E-state index contributed by atoms with van der Waals surface area (Å²) in [6.45, 7) is 4.08. The number of carbonyl (C=O) groups is 1. The highest BCUT2D eigenvalue weighted by Gasteiger charge is 2.24. The van der Waals surface area contributed by atoms with Crippen molar-refractivity contribution in [2.75, 3.05) is 7.11 Å². The average Bonchev–Trinajstić information content (AvgIpc) is 3.22.